The number of fused-ring (bicyclic) bond motifs is 1. The van der Waals surface area contributed by atoms with Gasteiger partial charge in [0.15, 0.2) is 0 Å². The summed E-state index contributed by atoms with van der Waals surface area (Å²) in [6.07, 6.45) is 0. The lowest BCUT2D eigenvalue weighted by molar-refractivity contribution is 0.0988. The second-order valence-corrected chi connectivity index (χ2v) is 5.17. The minimum absolute atomic E-state index is 0.150. The standard InChI is InChI=1S/C17H13ClN2O/c1-20(14-9-7-13(18)8-10-14)17(21)16-11-6-12-4-2-3-5-15(12)19-16/h2-11H,1H3. The molecule has 2 aromatic carbocycles. The first kappa shape index (κ1) is 13.6. The van der Waals surface area contributed by atoms with Gasteiger partial charge in [-0.25, -0.2) is 4.98 Å². The highest BCUT2D eigenvalue weighted by molar-refractivity contribution is 6.30. The van der Waals surface area contributed by atoms with Gasteiger partial charge in [-0.15, -0.1) is 0 Å². The fourth-order valence-electron chi connectivity index (χ4n) is 2.14. The Labute approximate surface area is 127 Å². The van der Waals surface area contributed by atoms with E-state index in [2.05, 4.69) is 4.98 Å². The summed E-state index contributed by atoms with van der Waals surface area (Å²) in [6, 6.07) is 18.5. The van der Waals surface area contributed by atoms with Crippen LogP contribution in [0, 0.1) is 0 Å². The van der Waals surface area contributed by atoms with Gasteiger partial charge in [-0.3, -0.25) is 4.79 Å². The molecule has 0 saturated heterocycles. The number of hydrogen-bond donors (Lipinski definition) is 0. The van der Waals surface area contributed by atoms with E-state index in [4.69, 9.17) is 11.6 Å². The number of carbonyl (C=O) groups is 1. The molecule has 0 unspecified atom stereocenters. The van der Waals surface area contributed by atoms with Gasteiger partial charge in [-0.1, -0.05) is 35.9 Å². The van der Waals surface area contributed by atoms with Gasteiger partial charge in [-0.2, -0.15) is 0 Å². The second kappa shape index (κ2) is 5.54. The summed E-state index contributed by atoms with van der Waals surface area (Å²) in [5.74, 6) is -0.150. The van der Waals surface area contributed by atoms with Gasteiger partial charge < -0.3 is 4.90 Å². The van der Waals surface area contributed by atoms with Crippen molar-refractivity contribution in [3.8, 4) is 0 Å². The van der Waals surface area contributed by atoms with Crippen molar-refractivity contribution in [2.75, 3.05) is 11.9 Å². The zero-order valence-electron chi connectivity index (χ0n) is 11.5. The maximum atomic E-state index is 12.5. The van der Waals surface area contributed by atoms with E-state index in [1.54, 1.807) is 42.3 Å². The summed E-state index contributed by atoms with van der Waals surface area (Å²) in [5, 5.41) is 1.66. The lowest BCUT2D eigenvalue weighted by Gasteiger charge is -2.17. The number of halogens is 1. The Hall–Kier alpha value is -2.39. The number of aromatic nitrogens is 1. The van der Waals surface area contributed by atoms with Crippen LogP contribution in [0.2, 0.25) is 5.02 Å². The van der Waals surface area contributed by atoms with E-state index < -0.39 is 0 Å². The first-order valence-corrected chi connectivity index (χ1v) is 6.92. The van der Waals surface area contributed by atoms with E-state index in [9.17, 15) is 4.79 Å². The van der Waals surface area contributed by atoms with E-state index in [-0.39, 0.29) is 5.91 Å². The number of benzene rings is 2. The van der Waals surface area contributed by atoms with Crippen molar-refractivity contribution in [2.45, 2.75) is 0 Å². The van der Waals surface area contributed by atoms with E-state index in [1.165, 1.54) is 0 Å². The minimum atomic E-state index is -0.150. The maximum Gasteiger partial charge on any atom is 0.276 e. The molecule has 1 aromatic heterocycles. The molecule has 0 atom stereocenters. The SMILES string of the molecule is CN(C(=O)c1ccc2ccccc2n1)c1ccc(Cl)cc1. The molecule has 3 aromatic rings. The van der Waals surface area contributed by atoms with E-state index in [1.807, 2.05) is 30.3 Å². The third-order valence-corrected chi connectivity index (χ3v) is 3.59. The van der Waals surface area contributed by atoms with Crippen LogP contribution in [0.25, 0.3) is 10.9 Å². The van der Waals surface area contributed by atoms with Crippen molar-refractivity contribution in [3.63, 3.8) is 0 Å². The Morgan fingerprint density at radius 3 is 2.48 bits per heavy atom. The van der Waals surface area contributed by atoms with Crippen LogP contribution in [-0.2, 0) is 0 Å². The third-order valence-electron chi connectivity index (χ3n) is 3.34. The molecule has 0 N–H and O–H groups in total. The summed E-state index contributed by atoms with van der Waals surface area (Å²) in [5.41, 5.74) is 2.01. The van der Waals surface area contributed by atoms with Crippen molar-refractivity contribution in [1.82, 2.24) is 4.98 Å². The molecule has 21 heavy (non-hydrogen) atoms. The van der Waals surface area contributed by atoms with Gasteiger partial charge >= 0.3 is 0 Å². The fourth-order valence-corrected chi connectivity index (χ4v) is 2.26. The first-order chi connectivity index (χ1) is 10.1. The van der Waals surface area contributed by atoms with E-state index in [0.717, 1.165) is 16.6 Å². The summed E-state index contributed by atoms with van der Waals surface area (Å²) in [7, 11) is 1.72. The van der Waals surface area contributed by atoms with Crippen LogP contribution >= 0.6 is 11.6 Å². The molecule has 0 fully saturated rings. The molecule has 0 spiro atoms. The molecule has 3 nitrogen and oxygen atoms in total. The highest BCUT2D eigenvalue weighted by Crippen LogP contribution is 2.19. The largest absolute Gasteiger partial charge is 0.310 e. The molecule has 0 aliphatic rings. The van der Waals surface area contributed by atoms with Crippen LogP contribution in [-0.4, -0.2) is 17.9 Å². The topological polar surface area (TPSA) is 33.2 Å². The normalized spacial score (nSPS) is 10.6. The maximum absolute atomic E-state index is 12.5. The summed E-state index contributed by atoms with van der Waals surface area (Å²) in [4.78, 5) is 18.5. The molecule has 0 saturated carbocycles. The zero-order chi connectivity index (χ0) is 14.8. The number of nitrogens with zero attached hydrogens (tertiary/aromatic N) is 2. The highest BCUT2D eigenvalue weighted by atomic mass is 35.5. The zero-order valence-corrected chi connectivity index (χ0v) is 12.2. The molecule has 1 amide bonds. The number of carbonyl (C=O) groups excluding carboxylic acids is 1. The average Bonchev–Trinajstić information content (AvgIpc) is 2.54. The monoisotopic (exact) mass is 296 g/mol. The third kappa shape index (κ3) is 2.73. The van der Waals surface area contributed by atoms with Crippen molar-refractivity contribution in [1.29, 1.82) is 0 Å². The first-order valence-electron chi connectivity index (χ1n) is 6.54. The number of amides is 1. The van der Waals surface area contributed by atoms with Crippen LogP contribution in [0.3, 0.4) is 0 Å². The average molecular weight is 297 g/mol. The van der Waals surface area contributed by atoms with Gasteiger partial charge in [0.1, 0.15) is 5.69 Å². The molecule has 4 heteroatoms. The van der Waals surface area contributed by atoms with Gasteiger partial charge in [0, 0.05) is 23.1 Å². The quantitative estimate of drug-likeness (QED) is 0.711. The predicted octanol–water partition coefficient (Wildman–Crippen LogP) is 4.16. The Balaban J connectivity index is 1.94. The lowest BCUT2D eigenvalue weighted by atomic mass is 10.2. The molecule has 0 aliphatic heterocycles. The molecule has 0 aliphatic carbocycles. The number of para-hydroxylation sites is 1. The van der Waals surface area contributed by atoms with E-state index in [0.29, 0.717) is 10.7 Å². The summed E-state index contributed by atoms with van der Waals surface area (Å²) >= 11 is 5.86. The Morgan fingerprint density at radius 1 is 1.00 bits per heavy atom. The molecule has 0 bridgehead atoms. The number of rotatable bonds is 2. The van der Waals surface area contributed by atoms with Crippen LogP contribution in [0.15, 0.2) is 60.7 Å². The van der Waals surface area contributed by atoms with Gasteiger partial charge in [0.05, 0.1) is 5.52 Å². The number of hydrogen-bond acceptors (Lipinski definition) is 2. The van der Waals surface area contributed by atoms with Crippen molar-refractivity contribution in [3.05, 3.63) is 71.4 Å². The highest BCUT2D eigenvalue weighted by Gasteiger charge is 2.15. The van der Waals surface area contributed by atoms with E-state index >= 15 is 0 Å². The lowest BCUT2D eigenvalue weighted by Crippen LogP contribution is -2.26. The fraction of sp³-hybridized carbons (Fsp3) is 0.0588. The van der Waals surface area contributed by atoms with Crippen molar-refractivity contribution < 1.29 is 4.79 Å². The van der Waals surface area contributed by atoms with Gasteiger partial charge in [0.2, 0.25) is 0 Å². The van der Waals surface area contributed by atoms with Crippen LogP contribution in [0.1, 0.15) is 10.5 Å². The smallest absolute Gasteiger partial charge is 0.276 e. The van der Waals surface area contributed by atoms with Crippen LogP contribution < -0.4 is 4.90 Å². The Morgan fingerprint density at radius 2 is 1.71 bits per heavy atom. The molecule has 0 radical (unpaired) electrons. The minimum Gasteiger partial charge on any atom is -0.310 e. The Kier molecular flexibility index (Phi) is 3.59. The Bertz CT molecular complexity index is 799. The molecule has 104 valence electrons. The predicted molar refractivity (Wildman–Crippen MR) is 85.9 cm³/mol. The summed E-state index contributed by atoms with van der Waals surface area (Å²) in [6.45, 7) is 0. The summed E-state index contributed by atoms with van der Waals surface area (Å²) < 4.78 is 0. The van der Waals surface area contributed by atoms with Crippen molar-refractivity contribution >= 4 is 34.1 Å². The molecular weight excluding hydrogens is 284 g/mol. The molecule has 3 rings (SSSR count). The van der Waals surface area contributed by atoms with Crippen LogP contribution in [0.4, 0.5) is 5.69 Å². The van der Waals surface area contributed by atoms with Gasteiger partial charge in [-0.05, 0) is 36.4 Å². The molecular formula is C17H13ClN2O. The van der Waals surface area contributed by atoms with Crippen molar-refractivity contribution in [2.24, 2.45) is 0 Å². The molecule has 1 heterocycles. The number of pyridine rings is 1. The second-order valence-electron chi connectivity index (χ2n) is 4.73. The van der Waals surface area contributed by atoms with Gasteiger partial charge in [0.25, 0.3) is 5.91 Å². The van der Waals surface area contributed by atoms with Crippen LogP contribution in [0.5, 0.6) is 0 Å². The number of anilines is 1.